The average Bonchev–Trinajstić information content (AvgIpc) is 2.86. The molecule has 0 aromatic carbocycles. The summed E-state index contributed by atoms with van der Waals surface area (Å²) in [4.78, 5) is 35.4. The van der Waals surface area contributed by atoms with E-state index in [0.29, 0.717) is 36.7 Å². The third kappa shape index (κ3) is 3.96. The maximum absolute atomic E-state index is 12.0. The highest BCUT2D eigenvalue weighted by Gasteiger charge is 2.48. The van der Waals surface area contributed by atoms with Gasteiger partial charge >= 0.3 is 11.9 Å². The van der Waals surface area contributed by atoms with Crippen molar-refractivity contribution < 1.29 is 29.0 Å². The lowest BCUT2D eigenvalue weighted by atomic mass is 9.83. The summed E-state index contributed by atoms with van der Waals surface area (Å²) in [6.45, 7) is 12.6. The first-order valence-electron chi connectivity index (χ1n) is 8.04. The number of ether oxygens (including phenoxy) is 2. The summed E-state index contributed by atoms with van der Waals surface area (Å²) in [6.07, 6.45) is 0.646. The fourth-order valence-corrected chi connectivity index (χ4v) is 2.98. The van der Waals surface area contributed by atoms with Crippen molar-refractivity contribution in [3.8, 4) is 0 Å². The Morgan fingerprint density at radius 1 is 1.40 bits per heavy atom. The molecule has 0 aromatic rings. The van der Waals surface area contributed by atoms with Gasteiger partial charge in [-0.25, -0.2) is 9.59 Å². The lowest BCUT2D eigenvalue weighted by Gasteiger charge is -2.30. The first kappa shape index (κ1) is 18.9. The molecule has 1 fully saturated rings. The molecule has 25 heavy (non-hydrogen) atoms. The highest BCUT2D eigenvalue weighted by molar-refractivity contribution is 5.92. The second-order valence-corrected chi connectivity index (χ2v) is 6.39. The minimum atomic E-state index is -1.11. The van der Waals surface area contributed by atoms with Gasteiger partial charge in [-0.3, -0.25) is 4.79 Å². The standard InChI is InChI=1S/C19H22O6/c1-10(2)18(22)24-14-8-13(9-20)7-5-6-11(3)16(21)17-15(14)12(4)19(23)25-17/h8-9,14-17,21H,1,3-7H2,2H3/b13-8+/t14?,15-,16+,17+/m1/s1. The second-order valence-electron chi connectivity index (χ2n) is 6.39. The zero-order valence-corrected chi connectivity index (χ0v) is 14.2. The summed E-state index contributed by atoms with van der Waals surface area (Å²) in [5, 5.41) is 10.5. The Hall–Kier alpha value is -2.47. The second kappa shape index (κ2) is 7.61. The predicted octanol–water partition coefficient (Wildman–Crippen LogP) is 1.80. The van der Waals surface area contributed by atoms with Crippen LogP contribution in [0.4, 0.5) is 0 Å². The normalized spacial score (nSPS) is 32.1. The minimum Gasteiger partial charge on any atom is -0.455 e. The van der Waals surface area contributed by atoms with Crippen LogP contribution in [-0.4, -0.2) is 41.6 Å². The van der Waals surface area contributed by atoms with E-state index >= 15 is 0 Å². The van der Waals surface area contributed by atoms with Gasteiger partial charge in [0, 0.05) is 11.1 Å². The predicted molar refractivity (Wildman–Crippen MR) is 90.3 cm³/mol. The fourth-order valence-electron chi connectivity index (χ4n) is 2.98. The van der Waals surface area contributed by atoms with Crippen LogP contribution in [0.3, 0.4) is 0 Å². The molecule has 4 atom stereocenters. The van der Waals surface area contributed by atoms with Crippen molar-refractivity contribution in [3.63, 3.8) is 0 Å². The van der Waals surface area contributed by atoms with Crippen LogP contribution in [-0.2, 0) is 23.9 Å². The van der Waals surface area contributed by atoms with E-state index < -0.39 is 36.2 Å². The summed E-state index contributed by atoms with van der Waals surface area (Å²) >= 11 is 0. The molecule has 2 rings (SSSR count). The minimum absolute atomic E-state index is 0.0819. The van der Waals surface area contributed by atoms with Gasteiger partial charge in [0.25, 0.3) is 0 Å². The van der Waals surface area contributed by atoms with Crippen LogP contribution in [0.5, 0.6) is 0 Å². The Labute approximate surface area is 146 Å². The Morgan fingerprint density at radius 2 is 2.08 bits per heavy atom. The molecule has 1 aliphatic heterocycles. The molecule has 6 nitrogen and oxygen atoms in total. The van der Waals surface area contributed by atoms with Gasteiger partial charge in [-0.1, -0.05) is 19.7 Å². The molecular weight excluding hydrogens is 324 g/mol. The molecule has 0 radical (unpaired) electrons. The zero-order valence-electron chi connectivity index (χ0n) is 14.2. The van der Waals surface area contributed by atoms with Crippen LogP contribution >= 0.6 is 0 Å². The van der Waals surface area contributed by atoms with Crippen molar-refractivity contribution in [2.24, 2.45) is 5.92 Å². The van der Waals surface area contributed by atoms with Crippen molar-refractivity contribution in [1.82, 2.24) is 0 Å². The van der Waals surface area contributed by atoms with Crippen molar-refractivity contribution in [1.29, 1.82) is 0 Å². The van der Waals surface area contributed by atoms with Gasteiger partial charge in [0.15, 0.2) is 0 Å². The average molecular weight is 346 g/mol. The maximum Gasteiger partial charge on any atom is 0.334 e. The zero-order chi connectivity index (χ0) is 18.7. The highest BCUT2D eigenvalue weighted by atomic mass is 16.6. The Balaban J connectivity index is 2.50. The Kier molecular flexibility index (Phi) is 5.74. The number of fused-ring (bicyclic) bond motifs is 1. The van der Waals surface area contributed by atoms with Crippen LogP contribution in [0, 0.1) is 5.92 Å². The van der Waals surface area contributed by atoms with Gasteiger partial charge in [-0.2, -0.15) is 0 Å². The van der Waals surface area contributed by atoms with Crippen molar-refractivity contribution in [2.75, 3.05) is 0 Å². The first-order chi connectivity index (χ1) is 11.8. The number of allylic oxidation sites excluding steroid dienone is 1. The van der Waals surface area contributed by atoms with Gasteiger partial charge in [0.05, 0.1) is 5.92 Å². The van der Waals surface area contributed by atoms with Crippen LogP contribution < -0.4 is 0 Å². The molecule has 0 spiro atoms. The largest absolute Gasteiger partial charge is 0.455 e. The van der Waals surface area contributed by atoms with Gasteiger partial charge < -0.3 is 14.6 Å². The molecule has 2 aliphatic rings. The molecule has 0 amide bonds. The van der Waals surface area contributed by atoms with Gasteiger partial charge in [0.2, 0.25) is 0 Å². The molecule has 1 heterocycles. The SMILES string of the molecule is C=C(C)C(=O)OC1/C=C(/C=O)CCCC(=C)[C@H](O)[C@H]2OC(=O)C(=C)[C@H]12. The molecule has 1 aliphatic carbocycles. The third-order valence-corrected chi connectivity index (χ3v) is 4.43. The number of hydrogen-bond donors (Lipinski definition) is 1. The Morgan fingerprint density at radius 3 is 2.68 bits per heavy atom. The van der Waals surface area contributed by atoms with Crippen molar-refractivity contribution in [2.45, 2.75) is 44.5 Å². The lowest BCUT2D eigenvalue weighted by molar-refractivity contribution is -0.148. The van der Waals surface area contributed by atoms with Crippen LogP contribution in [0.25, 0.3) is 0 Å². The van der Waals surface area contributed by atoms with Gasteiger partial charge in [-0.05, 0) is 43.4 Å². The number of rotatable bonds is 3. The van der Waals surface area contributed by atoms with Crippen LogP contribution in [0.2, 0.25) is 0 Å². The molecule has 6 heteroatoms. The van der Waals surface area contributed by atoms with Crippen molar-refractivity contribution >= 4 is 18.2 Å². The van der Waals surface area contributed by atoms with E-state index in [-0.39, 0.29) is 11.1 Å². The third-order valence-electron chi connectivity index (χ3n) is 4.43. The molecule has 1 unspecified atom stereocenters. The number of esters is 2. The van der Waals surface area contributed by atoms with E-state index in [9.17, 15) is 19.5 Å². The van der Waals surface area contributed by atoms with Crippen LogP contribution in [0.1, 0.15) is 26.2 Å². The number of aliphatic hydroxyl groups is 1. The number of aldehydes is 1. The summed E-state index contributed by atoms with van der Waals surface area (Å²) in [6, 6.07) is 0. The molecule has 1 saturated heterocycles. The molecule has 1 N–H and O–H groups in total. The summed E-state index contributed by atoms with van der Waals surface area (Å²) in [5.74, 6) is -2.14. The Bertz CT molecular complexity index is 671. The highest BCUT2D eigenvalue weighted by Crippen LogP contribution is 2.37. The van der Waals surface area contributed by atoms with E-state index in [2.05, 4.69) is 19.7 Å². The van der Waals surface area contributed by atoms with Gasteiger partial charge in [0.1, 0.15) is 24.6 Å². The summed E-state index contributed by atoms with van der Waals surface area (Å²) in [5.41, 5.74) is 1.19. The quantitative estimate of drug-likeness (QED) is 0.363. The van der Waals surface area contributed by atoms with E-state index in [4.69, 9.17) is 9.47 Å². The smallest absolute Gasteiger partial charge is 0.334 e. The molecule has 134 valence electrons. The molecule has 0 saturated carbocycles. The van der Waals surface area contributed by atoms with E-state index in [1.807, 2.05) is 0 Å². The monoisotopic (exact) mass is 346 g/mol. The maximum atomic E-state index is 12.0. The number of aliphatic hydroxyl groups excluding tert-OH is 1. The van der Waals surface area contributed by atoms with E-state index in [1.54, 1.807) is 0 Å². The van der Waals surface area contributed by atoms with E-state index in [1.165, 1.54) is 13.0 Å². The molecular formula is C19H22O6. The topological polar surface area (TPSA) is 89.9 Å². The number of carbonyl (C=O) groups excluding carboxylic acids is 3. The van der Waals surface area contributed by atoms with Crippen molar-refractivity contribution in [3.05, 3.63) is 48.1 Å². The molecule has 0 aromatic heterocycles. The lowest BCUT2D eigenvalue weighted by Crippen LogP contribution is -2.40. The van der Waals surface area contributed by atoms with Gasteiger partial charge in [-0.15, -0.1) is 0 Å². The first-order valence-corrected chi connectivity index (χ1v) is 8.04. The number of hydrogen-bond acceptors (Lipinski definition) is 6. The number of carbonyl (C=O) groups is 3. The molecule has 0 bridgehead atoms. The van der Waals surface area contributed by atoms with E-state index in [0.717, 1.165) is 0 Å². The van der Waals surface area contributed by atoms with Crippen LogP contribution in [0.15, 0.2) is 48.1 Å². The fraction of sp³-hybridized carbons (Fsp3) is 0.421. The summed E-state index contributed by atoms with van der Waals surface area (Å²) < 4.78 is 10.7. The summed E-state index contributed by atoms with van der Waals surface area (Å²) in [7, 11) is 0.